The van der Waals surface area contributed by atoms with E-state index in [0.717, 1.165) is 0 Å². The lowest BCUT2D eigenvalue weighted by Crippen LogP contribution is -2.17. The van der Waals surface area contributed by atoms with Crippen molar-refractivity contribution in [1.29, 1.82) is 0 Å². The minimum Gasteiger partial charge on any atom is -0.506 e. The SMILES string of the molecule is C=C/C(N=Cc1cc(Cl)cc(Cl)c1O)=C(\C=C)N(C)Cc1cc(Cl)cc(Cl)c1O. The number of halogens is 4. The van der Waals surface area contributed by atoms with Gasteiger partial charge in [-0.25, -0.2) is 0 Å². The molecule has 0 aromatic heterocycles. The summed E-state index contributed by atoms with van der Waals surface area (Å²) in [4.78, 5) is 6.18. The lowest BCUT2D eigenvalue weighted by Gasteiger charge is -2.22. The number of aromatic hydroxyl groups is 2. The summed E-state index contributed by atoms with van der Waals surface area (Å²) >= 11 is 24.0. The number of hydrogen-bond donors (Lipinski definition) is 2. The number of rotatable bonds is 7. The van der Waals surface area contributed by atoms with Crippen LogP contribution < -0.4 is 0 Å². The Hall–Kier alpha value is -2.11. The molecule has 2 aromatic rings. The molecule has 0 saturated carbocycles. The van der Waals surface area contributed by atoms with Crippen LogP contribution in [0.4, 0.5) is 0 Å². The molecule has 0 spiro atoms. The van der Waals surface area contributed by atoms with E-state index in [-0.39, 0.29) is 28.1 Å². The van der Waals surface area contributed by atoms with E-state index in [2.05, 4.69) is 18.2 Å². The summed E-state index contributed by atoms with van der Waals surface area (Å²) in [6.07, 6.45) is 4.57. The number of benzene rings is 2. The third-order valence-electron chi connectivity index (χ3n) is 3.98. The Bertz CT molecular complexity index is 1020. The second-order valence-electron chi connectivity index (χ2n) is 6.01. The molecule has 0 atom stereocenters. The standard InChI is InChI=1S/C21H18Cl4N2O2/c1-4-18(26-10-12-6-14(22)8-16(24)20(12)28)19(5-2)27(3)11-13-7-15(23)9-17(25)21(13)29/h4-10,28-29H,1-2,11H2,3H3/b19-18-,26-10?. The molecule has 0 aliphatic heterocycles. The van der Waals surface area contributed by atoms with Crippen molar-refractivity contribution < 1.29 is 10.2 Å². The average molecular weight is 472 g/mol. The van der Waals surface area contributed by atoms with Crippen molar-refractivity contribution in [2.45, 2.75) is 6.54 Å². The second kappa shape index (κ2) is 10.1. The van der Waals surface area contributed by atoms with Crippen LogP contribution in [0.1, 0.15) is 11.1 Å². The van der Waals surface area contributed by atoms with Gasteiger partial charge in [-0.2, -0.15) is 0 Å². The zero-order valence-corrected chi connectivity index (χ0v) is 18.5. The first-order chi connectivity index (χ1) is 13.7. The number of hydrogen-bond acceptors (Lipinski definition) is 4. The van der Waals surface area contributed by atoms with Crippen molar-refractivity contribution in [3.63, 3.8) is 0 Å². The fraction of sp³-hybridized carbons (Fsp3) is 0.0952. The maximum absolute atomic E-state index is 10.2. The topological polar surface area (TPSA) is 56.1 Å². The monoisotopic (exact) mass is 470 g/mol. The van der Waals surface area contributed by atoms with Gasteiger partial charge in [0.05, 0.1) is 21.4 Å². The first-order valence-electron chi connectivity index (χ1n) is 8.27. The van der Waals surface area contributed by atoms with E-state index in [1.165, 1.54) is 30.5 Å². The number of aliphatic imine (C=N–C) groups is 1. The summed E-state index contributed by atoms with van der Waals surface area (Å²) in [7, 11) is 1.79. The molecule has 0 radical (unpaired) electrons. The van der Waals surface area contributed by atoms with Crippen molar-refractivity contribution in [2.75, 3.05) is 7.05 Å². The van der Waals surface area contributed by atoms with Gasteiger partial charge >= 0.3 is 0 Å². The Morgan fingerprint density at radius 1 is 0.966 bits per heavy atom. The minimum atomic E-state index is -0.129. The van der Waals surface area contributed by atoms with Crippen LogP contribution >= 0.6 is 46.4 Å². The van der Waals surface area contributed by atoms with Crippen LogP contribution in [0.5, 0.6) is 11.5 Å². The van der Waals surface area contributed by atoms with Gasteiger partial charge in [-0.15, -0.1) is 0 Å². The van der Waals surface area contributed by atoms with Gasteiger partial charge in [0.15, 0.2) is 0 Å². The Morgan fingerprint density at radius 2 is 1.55 bits per heavy atom. The van der Waals surface area contributed by atoms with Gasteiger partial charge in [0.25, 0.3) is 0 Å². The predicted molar refractivity (Wildman–Crippen MR) is 123 cm³/mol. The van der Waals surface area contributed by atoms with Crippen molar-refractivity contribution in [3.05, 3.63) is 92.2 Å². The summed E-state index contributed by atoms with van der Waals surface area (Å²) in [5.74, 6) is -0.177. The van der Waals surface area contributed by atoms with Crippen LogP contribution in [0.15, 0.2) is 66.0 Å². The second-order valence-corrected chi connectivity index (χ2v) is 7.70. The van der Waals surface area contributed by atoms with Gasteiger partial charge in [0, 0.05) is 41.0 Å². The fourth-order valence-electron chi connectivity index (χ4n) is 2.58. The summed E-state index contributed by atoms with van der Waals surface area (Å²) in [5, 5.41) is 21.3. The number of likely N-dealkylation sites (N-methyl/N-ethyl adjacent to an activating group) is 1. The minimum absolute atomic E-state index is 0.0477. The molecule has 0 unspecified atom stereocenters. The van der Waals surface area contributed by atoms with E-state index in [9.17, 15) is 10.2 Å². The lowest BCUT2D eigenvalue weighted by molar-refractivity contribution is 0.400. The highest BCUT2D eigenvalue weighted by Crippen LogP contribution is 2.33. The molecule has 0 heterocycles. The highest BCUT2D eigenvalue weighted by molar-refractivity contribution is 6.36. The molecule has 0 bridgehead atoms. The van der Waals surface area contributed by atoms with Crippen molar-refractivity contribution in [2.24, 2.45) is 4.99 Å². The molecule has 152 valence electrons. The molecule has 0 amide bonds. The van der Waals surface area contributed by atoms with Crippen LogP contribution in [0, 0.1) is 0 Å². The summed E-state index contributed by atoms with van der Waals surface area (Å²) < 4.78 is 0. The third kappa shape index (κ3) is 5.71. The fourth-order valence-corrected chi connectivity index (χ4v) is 3.63. The zero-order valence-electron chi connectivity index (χ0n) is 15.5. The van der Waals surface area contributed by atoms with E-state index in [4.69, 9.17) is 46.4 Å². The lowest BCUT2D eigenvalue weighted by atomic mass is 10.1. The molecule has 2 aromatic carbocycles. The maximum atomic E-state index is 10.2. The molecule has 0 fully saturated rings. The van der Waals surface area contributed by atoms with E-state index in [1.54, 1.807) is 24.1 Å². The Labute approximate surface area is 189 Å². The van der Waals surface area contributed by atoms with E-state index in [0.29, 0.717) is 32.6 Å². The van der Waals surface area contributed by atoms with E-state index >= 15 is 0 Å². The normalized spacial score (nSPS) is 12.0. The molecular formula is C21H18Cl4N2O2. The highest BCUT2D eigenvalue weighted by atomic mass is 35.5. The van der Waals surface area contributed by atoms with Crippen molar-refractivity contribution >= 4 is 52.6 Å². The molecule has 2 N–H and O–H groups in total. The first kappa shape index (κ1) is 23.2. The largest absolute Gasteiger partial charge is 0.506 e. The molecule has 0 aliphatic carbocycles. The molecule has 29 heavy (non-hydrogen) atoms. The van der Waals surface area contributed by atoms with Crippen LogP contribution in [-0.2, 0) is 6.54 Å². The van der Waals surface area contributed by atoms with Crippen LogP contribution in [-0.4, -0.2) is 28.4 Å². The van der Waals surface area contributed by atoms with Crippen molar-refractivity contribution in [1.82, 2.24) is 4.90 Å². The molecule has 0 saturated heterocycles. The molecule has 2 rings (SSSR count). The number of nitrogens with zero attached hydrogens (tertiary/aromatic N) is 2. The highest BCUT2D eigenvalue weighted by Gasteiger charge is 2.13. The van der Waals surface area contributed by atoms with Crippen molar-refractivity contribution in [3.8, 4) is 11.5 Å². The summed E-state index contributed by atoms with van der Waals surface area (Å²) in [6.45, 7) is 7.89. The predicted octanol–water partition coefficient (Wildman–Crippen LogP) is 6.85. The van der Waals surface area contributed by atoms with E-state index in [1.807, 2.05) is 0 Å². The zero-order chi connectivity index (χ0) is 21.7. The van der Waals surface area contributed by atoms with Gasteiger partial charge in [-0.1, -0.05) is 59.6 Å². The smallest absolute Gasteiger partial charge is 0.143 e. The summed E-state index contributed by atoms with van der Waals surface area (Å²) in [6, 6.07) is 6.07. The van der Waals surface area contributed by atoms with Gasteiger partial charge in [-0.3, -0.25) is 4.99 Å². The van der Waals surface area contributed by atoms with Crippen LogP contribution in [0.25, 0.3) is 0 Å². The Balaban J connectivity index is 2.40. The van der Waals surface area contributed by atoms with Gasteiger partial charge < -0.3 is 15.1 Å². The average Bonchev–Trinajstić information content (AvgIpc) is 2.66. The Kier molecular flexibility index (Phi) is 8.05. The van der Waals surface area contributed by atoms with Gasteiger partial charge in [0.2, 0.25) is 0 Å². The number of allylic oxidation sites excluding steroid dienone is 2. The van der Waals surface area contributed by atoms with E-state index < -0.39 is 0 Å². The third-order valence-corrected chi connectivity index (χ3v) is 4.99. The number of phenols is 2. The summed E-state index contributed by atoms with van der Waals surface area (Å²) in [5.41, 5.74) is 1.99. The van der Waals surface area contributed by atoms with Gasteiger partial charge in [-0.05, 0) is 36.4 Å². The van der Waals surface area contributed by atoms with Crippen LogP contribution in [0.2, 0.25) is 20.1 Å². The van der Waals surface area contributed by atoms with Gasteiger partial charge in [0.1, 0.15) is 11.5 Å². The molecule has 0 aliphatic rings. The maximum Gasteiger partial charge on any atom is 0.143 e. The first-order valence-corrected chi connectivity index (χ1v) is 9.78. The number of phenolic OH excluding ortho intramolecular Hbond substituents is 2. The van der Waals surface area contributed by atoms with Crippen LogP contribution in [0.3, 0.4) is 0 Å². The Morgan fingerprint density at radius 3 is 2.14 bits per heavy atom. The molecule has 8 heteroatoms. The molecule has 4 nitrogen and oxygen atoms in total. The quantitative estimate of drug-likeness (QED) is 0.343. The molecular weight excluding hydrogens is 454 g/mol.